The van der Waals surface area contributed by atoms with E-state index in [4.69, 9.17) is 32.2 Å². The summed E-state index contributed by atoms with van der Waals surface area (Å²) >= 11 is 6.40. The normalized spacial score (nSPS) is 25.9. The van der Waals surface area contributed by atoms with Crippen LogP contribution in [0.3, 0.4) is 0 Å². The lowest BCUT2D eigenvalue weighted by Crippen LogP contribution is -2.55. The third-order valence-corrected chi connectivity index (χ3v) is 5.85. The molecule has 33 heavy (non-hydrogen) atoms. The van der Waals surface area contributed by atoms with Gasteiger partial charge in [-0.05, 0) is 48.2 Å². The Bertz CT molecular complexity index is 941. The van der Waals surface area contributed by atoms with Gasteiger partial charge in [0.05, 0.1) is 13.2 Å². The van der Waals surface area contributed by atoms with E-state index in [1.165, 1.54) is 0 Å². The Morgan fingerprint density at radius 2 is 1.82 bits per heavy atom. The summed E-state index contributed by atoms with van der Waals surface area (Å²) in [7, 11) is 0. The molecule has 1 fully saturated rings. The highest BCUT2D eigenvalue weighted by atomic mass is 35.5. The van der Waals surface area contributed by atoms with Gasteiger partial charge in [0.1, 0.15) is 49.0 Å². The molecule has 4 N–H and O–H groups in total. The number of benzene rings is 2. The minimum absolute atomic E-state index is 0.145. The molecule has 1 aliphatic rings. The molecular weight excluding hydrogens is 448 g/mol. The van der Waals surface area contributed by atoms with E-state index in [0.29, 0.717) is 29.4 Å². The van der Waals surface area contributed by atoms with Gasteiger partial charge in [0.25, 0.3) is 0 Å². The summed E-state index contributed by atoms with van der Waals surface area (Å²) in [5, 5.41) is 40.5. The zero-order valence-electron chi connectivity index (χ0n) is 18.3. The van der Waals surface area contributed by atoms with Crippen LogP contribution < -0.4 is 4.74 Å². The Balaban J connectivity index is 1.69. The van der Waals surface area contributed by atoms with Crippen LogP contribution in [0.5, 0.6) is 5.75 Å². The molecule has 3 rings (SSSR count). The Kier molecular flexibility index (Phi) is 9.12. The molecule has 178 valence electrons. The van der Waals surface area contributed by atoms with Gasteiger partial charge in [-0.15, -0.1) is 6.42 Å². The summed E-state index contributed by atoms with van der Waals surface area (Å²) in [5.41, 5.74) is 2.38. The van der Waals surface area contributed by atoms with Crippen molar-refractivity contribution in [2.24, 2.45) is 0 Å². The topological polar surface area (TPSA) is 109 Å². The van der Waals surface area contributed by atoms with Crippen molar-refractivity contribution < 1.29 is 34.6 Å². The van der Waals surface area contributed by atoms with Crippen molar-refractivity contribution in [1.82, 2.24) is 0 Å². The molecule has 0 saturated carbocycles. The third-order valence-electron chi connectivity index (χ3n) is 5.48. The van der Waals surface area contributed by atoms with E-state index in [-0.39, 0.29) is 12.7 Å². The van der Waals surface area contributed by atoms with Gasteiger partial charge in [-0.1, -0.05) is 41.8 Å². The van der Waals surface area contributed by atoms with Crippen molar-refractivity contribution in [3.05, 3.63) is 64.2 Å². The van der Waals surface area contributed by atoms with Crippen LogP contribution in [-0.2, 0) is 15.9 Å². The van der Waals surface area contributed by atoms with Gasteiger partial charge in [0.15, 0.2) is 0 Å². The number of hydrogen-bond donors (Lipinski definition) is 4. The van der Waals surface area contributed by atoms with Gasteiger partial charge in [-0.25, -0.2) is 0 Å². The first-order chi connectivity index (χ1) is 15.8. The number of hydrogen-bond acceptors (Lipinski definition) is 7. The average Bonchev–Trinajstić information content (AvgIpc) is 2.81. The fourth-order valence-electron chi connectivity index (χ4n) is 3.74. The van der Waals surface area contributed by atoms with Crippen molar-refractivity contribution >= 4 is 11.6 Å². The van der Waals surface area contributed by atoms with Crippen LogP contribution in [0.4, 0.5) is 0 Å². The molecule has 0 bridgehead atoms. The highest BCUT2D eigenvalue weighted by molar-refractivity contribution is 6.31. The van der Waals surface area contributed by atoms with Crippen molar-refractivity contribution in [2.45, 2.75) is 50.0 Å². The van der Waals surface area contributed by atoms with Gasteiger partial charge in [0.2, 0.25) is 0 Å². The average molecular weight is 477 g/mol. The van der Waals surface area contributed by atoms with Gasteiger partial charge >= 0.3 is 0 Å². The standard InChI is InChI=1S/C25H29ClO7/c1-3-10-31-14-15(2)32-19-7-4-16(5-8-19)11-18-12-17(6-9-20(18)26)25-24(30)23(29)22(28)21(13-27)33-25/h1,4-9,12,15,21-25,27-30H,10-11,13-14H2,2H3/t15?,21-,22-,23+,24-,25+/m1/s1. The summed E-state index contributed by atoms with van der Waals surface area (Å²) < 4.78 is 16.8. The quantitative estimate of drug-likeness (QED) is 0.323. The van der Waals surface area contributed by atoms with E-state index in [2.05, 4.69) is 5.92 Å². The molecule has 8 heteroatoms. The maximum Gasteiger partial charge on any atom is 0.119 e. The van der Waals surface area contributed by atoms with E-state index < -0.39 is 37.1 Å². The molecule has 2 aromatic rings. The molecule has 1 heterocycles. The maximum atomic E-state index is 10.4. The third kappa shape index (κ3) is 6.46. The predicted octanol–water partition coefficient (Wildman–Crippen LogP) is 1.86. The summed E-state index contributed by atoms with van der Waals surface area (Å²) in [4.78, 5) is 0. The van der Waals surface area contributed by atoms with E-state index in [0.717, 1.165) is 11.1 Å². The van der Waals surface area contributed by atoms with Crippen molar-refractivity contribution in [3.8, 4) is 18.1 Å². The first-order valence-corrected chi connectivity index (χ1v) is 11.1. The van der Waals surface area contributed by atoms with Crippen molar-refractivity contribution in [3.63, 3.8) is 0 Å². The van der Waals surface area contributed by atoms with E-state index in [1.54, 1.807) is 18.2 Å². The molecule has 1 aliphatic heterocycles. The molecule has 0 spiro atoms. The molecule has 0 amide bonds. The molecule has 6 atom stereocenters. The molecule has 0 aliphatic carbocycles. The van der Waals surface area contributed by atoms with Crippen LogP contribution in [-0.4, -0.2) is 70.8 Å². The second-order valence-corrected chi connectivity index (χ2v) is 8.48. The molecule has 0 radical (unpaired) electrons. The summed E-state index contributed by atoms with van der Waals surface area (Å²) in [6, 6.07) is 12.8. The zero-order valence-corrected chi connectivity index (χ0v) is 19.1. The van der Waals surface area contributed by atoms with E-state index in [9.17, 15) is 20.4 Å². The number of rotatable bonds is 9. The van der Waals surface area contributed by atoms with Crippen molar-refractivity contribution in [1.29, 1.82) is 0 Å². The van der Waals surface area contributed by atoms with E-state index >= 15 is 0 Å². The number of aliphatic hydroxyl groups excluding tert-OH is 4. The fraction of sp³-hybridized carbons (Fsp3) is 0.440. The van der Waals surface area contributed by atoms with Gasteiger partial charge < -0.3 is 34.6 Å². The zero-order chi connectivity index (χ0) is 24.0. The smallest absolute Gasteiger partial charge is 0.119 e. The minimum atomic E-state index is -1.44. The van der Waals surface area contributed by atoms with Crippen molar-refractivity contribution in [2.75, 3.05) is 19.8 Å². The Labute approximate surface area is 198 Å². The van der Waals surface area contributed by atoms with Crippen LogP contribution >= 0.6 is 11.6 Å². The second kappa shape index (κ2) is 11.8. The highest BCUT2D eigenvalue weighted by Crippen LogP contribution is 2.34. The van der Waals surface area contributed by atoms with Crippen LogP contribution in [0.1, 0.15) is 29.7 Å². The molecule has 2 aromatic carbocycles. The lowest BCUT2D eigenvalue weighted by Gasteiger charge is -2.40. The first-order valence-electron chi connectivity index (χ1n) is 10.7. The fourth-order valence-corrected chi connectivity index (χ4v) is 3.92. The van der Waals surface area contributed by atoms with E-state index in [1.807, 2.05) is 31.2 Å². The van der Waals surface area contributed by atoms with Crippen LogP contribution in [0.15, 0.2) is 42.5 Å². The summed E-state index contributed by atoms with van der Waals surface area (Å²) in [6.45, 7) is 2.06. The Hall–Kier alpha value is -2.15. The number of terminal acetylenes is 1. The summed E-state index contributed by atoms with van der Waals surface area (Å²) in [5.74, 6) is 3.12. The van der Waals surface area contributed by atoms with Crippen LogP contribution in [0, 0.1) is 12.3 Å². The van der Waals surface area contributed by atoms with Gasteiger partial charge in [0, 0.05) is 5.02 Å². The predicted molar refractivity (Wildman–Crippen MR) is 123 cm³/mol. The SMILES string of the molecule is C#CCOCC(C)Oc1ccc(Cc2cc([C@@H]3O[C@H](CO)[C@@H](O)[C@H](O)[C@H]3O)ccc2Cl)cc1. The number of ether oxygens (including phenoxy) is 3. The van der Waals surface area contributed by atoms with Crippen LogP contribution in [0.2, 0.25) is 5.02 Å². The largest absolute Gasteiger partial charge is 0.488 e. The lowest BCUT2D eigenvalue weighted by molar-refractivity contribution is -0.231. The second-order valence-electron chi connectivity index (χ2n) is 8.07. The maximum absolute atomic E-state index is 10.4. The molecular formula is C25H29ClO7. The number of halogens is 1. The monoisotopic (exact) mass is 476 g/mol. The molecule has 1 unspecified atom stereocenters. The van der Waals surface area contributed by atoms with Gasteiger partial charge in [-0.2, -0.15) is 0 Å². The minimum Gasteiger partial charge on any atom is -0.488 e. The first kappa shape index (κ1) is 25.5. The lowest BCUT2D eigenvalue weighted by atomic mass is 9.90. The van der Waals surface area contributed by atoms with Gasteiger partial charge in [-0.3, -0.25) is 0 Å². The molecule has 7 nitrogen and oxygen atoms in total. The number of aliphatic hydroxyl groups is 4. The molecule has 0 aromatic heterocycles. The Morgan fingerprint density at radius 3 is 2.48 bits per heavy atom. The van der Waals surface area contributed by atoms with Crippen LogP contribution in [0.25, 0.3) is 0 Å². The summed E-state index contributed by atoms with van der Waals surface area (Å²) in [6.07, 6.45) is -0.533. The molecule has 1 saturated heterocycles. The highest BCUT2D eigenvalue weighted by Gasteiger charge is 2.44. The Morgan fingerprint density at radius 1 is 1.09 bits per heavy atom.